The Bertz CT molecular complexity index is 1010. The number of hydrogen-bond acceptors (Lipinski definition) is 5. The molecule has 2 aromatic carbocycles. The maximum Gasteiger partial charge on any atom is 0.165 e. The van der Waals surface area contributed by atoms with Gasteiger partial charge in [-0.25, -0.2) is 4.98 Å². The SMILES string of the molecule is CCC(=O)/C(=C\c1ccc(OC2CCNCC2)cc1C)c1nc2ccccc2s1. The molecule has 0 radical (unpaired) electrons. The van der Waals surface area contributed by atoms with Gasteiger partial charge in [-0.1, -0.05) is 25.1 Å². The number of hydrogen-bond donors (Lipinski definition) is 1. The minimum atomic E-state index is 0.110. The molecule has 0 unspecified atom stereocenters. The van der Waals surface area contributed by atoms with Crippen molar-refractivity contribution in [3.8, 4) is 5.75 Å². The normalized spacial score (nSPS) is 15.6. The fraction of sp³-hybridized carbons (Fsp3) is 0.333. The molecule has 5 heteroatoms. The summed E-state index contributed by atoms with van der Waals surface area (Å²) in [6, 6.07) is 14.1. The highest BCUT2D eigenvalue weighted by Gasteiger charge is 2.17. The lowest BCUT2D eigenvalue weighted by molar-refractivity contribution is -0.113. The molecule has 1 N–H and O–H groups in total. The number of para-hydroxylation sites is 1. The summed E-state index contributed by atoms with van der Waals surface area (Å²) < 4.78 is 7.25. The number of ether oxygens (including phenoxy) is 1. The van der Waals surface area contributed by atoms with Crippen molar-refractivity contribution < 1.29 is 9.53 Å². The number of nitrogens with zero attached hydrogens (tertiary/aromatic N) is 1. The van der Waals surface area contributed by atoms with Crippen LogP contribution in [0.1, 0.15) is 42.3 Å². The van der Waals surface area contributed by atoms with Gasteiger partial charge in [0.1, 0.15) is 16.9 Å². The van der Waals surface area contributed by atoms with Crippen LogP contribution in [0.2, 0.25) is 0 Å². The van der Waals surface area contributed by atoms with Crippen LogP contribution in [0.3, 0.4) is 0 Å². The minimum absolute atomic E-state index is 0.110. The number of carbonyl (C=O) groups excluding carboxylic acids is 1. The standard InChI is InChI=1S/C24H26N2O2S/c1-3-22(27)20(24-26-21-6-4-5-7-23(21)29-24)15-17-8-9-19(14-16(17)2)28-18-10-12-25-13-11-18/h4-9,14-15,18,25H,3,10-13H2,1-2H3/b20-15+. The lowest BCUT2D eigenvalue weighted by atomic mass is 10.0. The molecule has 0 spiro atoms. The Balaban J connectivity index is 1.64. The molecule has 1 saturated heterocycles. The van der Waals surface area contributed by atoms with Crippen molar-refractivity contribution in [1.29, 1.82) is 0 Å². The van der Waals surface area contributed by atoms with Crippen molar-refractivity contribution in [3.63, 3.8) is 0 Å². The van der Waals surface area contributed by atoms with E-state index in [2.05, 4.69) is 18.3 Å². The Hall–Kier alpha value is -2.50. The van der Waals surface area contributed by atoms with Gasteiger partial charge in [0.05, 0.1) is 15.8 Å². The first-order valence-corrected chi connectivity index (χ1v) is 11.0. The lowest BCUT2D eigenvalue weighted by Gasteiger charge is -2.24. The zero-order valence-corrected chi connectivity index (χ0v) is 17.7. The predicted molar refractivity (Wildman–Crippen MR) is 120 cm³/mol. The zero-order chi connectivity index (χ0) is 20.2. The third kappa shape index (κ3) is 4.57. The molecule has 0 amide bonds. The summed E-state index contributed by atoms with van der Waals surface area (Å²) in [7, 11) is 0. The van der Waals surface area contributed by atoms with E-state index in [0.717, 1.165) is 58.0 Å². The molecule has 1 fully saturated rings. The number of fused-ring (bicyclic) bond motifs is 1. The first-order valence-electron chi connectivity index (χ1n) is 10.2. The summed E-state index contributed by atoms with van der Waals surface area (Å²) in [5.41, 5.74) is 3.74. The molecular weight excluding hydrogens is 380 g/mol. The fourth-order valence-electron chi connectivity index (χ4n) is 3.58. The molecule has 4 rings (SSSR count). The largest absolute Gasteiger partial charge is 0.490 e. The topological polar surface area (TPSA) is 51.2 Å². The van der Waals surface area contributed by atoms with Crippen LogP contribution in [0.25, 0.3) is 21.9 Å². The van der Waals surface area contributed by atoms with Gasteiger partial charge < -0.3 is 10.1 Å². The van der Waals surface area contributed by atoms with E-state index in [0.29, 0.717) is 12.0 Å². The van der Waals surface area contributed by atoms with Crippen molar-refractivity contribution in [2.45, 2.75) is 39.2 Å². The molecule has 0 atom stereocenters. The van der Waals surface area contributed by atoms with Gasteiger partial charge in [0.25, 0.3) is 0 Å². The lowest BCUT2D eigenvalue weighted by Crippen LogP contribution is -2.34. The molecule has 29 heavy (non-hydrogen) atoms. The van der Waals surface area contributed by atoms with E-state index in [1.807, 2.05) is 49.4 Å². The highest BCUT2D eigenvalue weighted by molar-refractivity contribution is 7.19. The molecule has 4 nitrogen and oxygen atoms in total. The summed E-state index contributed by atoms with van der Waals surface area (Å²) in [6.07, 6.45) is 4.78. The molecule has 0 saturated carbocycles. The van der Waals surface area contributed by atoms with Gasteiger partial charge in [-0.05, 0) is 74.3 Å². The predicted octanol–water partition coefficient (Wildman–Crippen LogP) is 5.26. The number of Topliss-reactive ketones (excluding diaryl/α,β-unsaturated/α-hetero) is 1. The quantitative estimate of drug-likeness (QED) is 0.568. The number of piperidine rings is 1. The Morgan fingerprint density at radius 2 is 2.03 bits per heavy atom. The van der Waals surface area contributed by atoms with Crippen molar-refractivity contribution in [3.05, 3.63) is 58.6 Å². The Morgan fingerprint density at radius 1 is 1.24 bits per heavy atom. The first-order chi connectivity index (χ1) is 14.1. The zero-order valence-electron chi connectivity index (χ0n) is 16.9. The highest BCUT2D eigenvalue weighted by atomic mass is 32.1. The van der Waals surface area contributed by atoms with Gasteiger partial charge in [-0.3, -0.25) is 4.79 Å². The summed E-state index contributed by atoms with van der Waals surface area (Å²) in [6.45, 7) is 5.98. The highest BCUT2D eigenvalue weighted by Crippen LogP contribution is 2.31. The van der Waals surface area contributed by atoms with Gasteiger partial charge >= 0.3 is 0 Å². The summed E-state index contributed by atoms with van der Waals surface area (Å²) >= 11 is 1.57. The van der Waals surface area contributed by atoms with E-state index < -0.39 is 0 Å². The number of benzene rings is 2. The van der Waals surface area contributed by atoms with Gasteiger partial charge in [-0.15, -0.1) is 11.3 Å². The van der Waals surface area contributed by atoms with E-state index in [9.17, 15) is 4.79 Å². The van der Waals surface area contributed by atoms with Crippen molar-refractivity contribution in [2.75, 3.05) is 13.1 Å². The van der Waals surface area contributed by atoms with Crippen LogP contribution in [0.15, 0.2) is 42.5 Å². The van der Waals surface area contributed by atoms with E-state index in [-0.39, 0.29) is 11.9 Å². The van der Waals surface area contributed by atoms with Gasteiger partial charge in [0.15, 0.2) is 5.78 Å². The molecule has 0 aliphatic carbocycles. The number of rotatable bonds is 6. The van der Waals surface area contributed by atoms with E-state index in [1.54, 1.807) is 11.3 Å². The second-order valence-electron chi connectivity index (χ2n) is 7.41. The van der Waals surface area contributed by atoms with E-state index in [1.165, 1.54) is 0 Å². The number of aryl methyl sites for hydroxylation is 1. The first kappa shape index (κ1) is 19.8. The van der Waals surface area contributed by atoms with Crippen LogP contribution in [0.5, 0.6) is 5.75 Å². The van der Waals surface area contributed by atoms with Crippen molar-refractivity contribution >= 4 is 39.0 Å². The second kappa shape index (κ2) is 8.89. The van der Waals surface area contributed by atoms with Crippen LogP contribution < -0.4 is 10.1 Å². The Kier molecular flexibility index (Phi) is 6.07. The summed E-state index contributed by atoms with van der Waals surface area (Å²) in [4.78, 5) is 17.4. The maximum absolute atomic E-state index is 12.7. The van der Waals surface area contributed by atoms with Crippen LogP contribution >= 0.6 is 11.3 Å². The average molecular weight is 407 g/mol. The van der Waals surface area contributed by atoms with E-state index >= 15 is 0 Å². The monoisotopic (exact) mass is 406 g/mol. The molecule has 3 aromatic rings. The molecule has 0 bridgehead atoms. The number of carbonyl (C=O) groups is 1. The molecule has 1 aromatic heterocycles. The molecular formula is C24H26N2O2S. The molecule has 1 aliphatic heterocycles. The molecule has 2 heterocycles. The average Bonchev–Trinajstić information content (AvgIpc) is 3.17. The second-order valence-corrected chi connectivity index (χ2v) is 8.44. The van der Waals surface area contributed by atoms with Crippen LogP contribution in [-0.4, -0.2) is 30.0 Å². The number of nitrogens with one attached hydrogen (secondary N) is 1. The third-order valence-electron chi connectivity index (χ3n) is 5.28. The fourth-order valence-corrected chi connectivity index (χ4v) is 4.58. The van der Waals surface area contributed by atoms with Gasteiger partial charge in [0.2, 0.25) is 0 Å². The number of allylic oxidation sites excluding steroid dienone is 1. The van der Waals surface area contributed by atoms with Crippen LogP contribution in [0.4, 0.5) is 0 Å². The smallest absolute Gasteiger partial charge is 0.165 e. The van der Waals surface area contributed by atoms with Crippen molar-refractivity contribution in [1.82, 2.24) is 10.3 Å². The third-order valence-corrected chi connectivity index (χ3v) is 6.35. The molecule has 1 aliphatic rings. The number of thiazole rings is 1. The maximum atomic E-state index is 12.7. The van der Waals surface area contributed by atoms with Crippen LogP contribution in [0, 0.1) is 6.92 Å². The van der Waals surface area contributed by atoms with E-state index in [4.69, 9.17) is 9.72 Å². The Labute approximate surface area is 175 Å². The number of aromatic nitrogens is 1. The molecule has 150 valence electrons. The minimum Gasteiger partial charge on any atom is -0.490 e. The van der Waals surface area contributed by atoms with Gasteiger partial charge in [-0.2, -0.15) is 0 Å². The van der Waals surface area contributed by atoms with Gasteiger partial charge in [0, 0.05) is 6.42 Å². The number of ketones is 1. The Morgan fingerprint density at radius 3 is 2.76 bits per heavy atom. The van der Waals surface area contributed by atoms with Crippen LogP contribution in [-0.2, 0) is 4.79 Å². The van der Waals surface area contributed by atoms with Crippen molar-refractivity contribution in [2.24, 2.45) is 0 Å². The summed E-state index contributed by atoms with van der Waals surface area (Å²) in [5.74, 6) is 1.01. The summed E-state index contributed by atoms with van der Waals surface area (Å²) in [5, 5.41) is 4.14.